The molecule has 0 amide bonds. The lowest BCUT2D eigenvalue weighted by atomic mass is 9.47. The highest BCUT2D eigenvalue weighted by Gasteiger charge is 2.55. The summed E-state index contributed by atoms with van der Waals surface area (Å²) in [5.41, 5.74) is 1.54. The fourth-order valence-corrected chi connectivity index (χ4v) is 10.4. The quantitative estimate of drug-likeness (QED) is 0.393. The first kappa shape index (κ1) is 27.6. The average Bonchev–Trinajstić information content (AvgIpc) is 2.98. The van der Waals surface area contributed by atoms with E-state index in [9.17, 15) is 0 Å². The van der Waals surface area contributed by atoms with Crippen molar-refractivity contribution in [1.82, 2.24) is 0 Å². The van der Waals surface area contributed by atoms with Crippen LogP contribution in [0.15, 0.2) is 0 Å². The molecule has 3 fully saturated rings. The summed E-state index contributed by atoms with van der Waals surface area (Å²) in [7, 11) is 0. The number of rotatable bonds is 4. The SMILES string of the molecule is CCC1CC(C)(C)C(CC)(CC)C2CCC(C)CCCCC(C)C3(C(C)C)CCC1CC2C3. The van der Waals surface area contributed by atoms with Crippen molar-refractivity contribution >= 4 is 0 Å². The van der Waals surface area contributed by atoms with Gasteiger partial charge in [0.25, 0.3) is 0 Å². The molecule has 3 aliphatic rings. The van der Waals surface area contributed by atoms with Gasteiger partial charge < -0.3 is 0 Å². The van der Waals surface area contributed by atoms with Crippen molar-refractivity contribution in [1.29, 1.82) is 0 Å². The maximum atomic E-state index is 2.71. The summed E-state index contributed by atoms with van der Waals surface area (Å²) in [5.74, 6) is 6.41. The van der Waals surface area contributed by atoms with Crippen LogP contribution in [0.25, 0.3) is 0 Å². The monoisotopic (exact) mass is 458 g/mol. The minimum atomic E-state index is 0.454. The molecule has 0 aromatic rings. The van der Waals surface area contributed by atoms with E-state index < -0.39 is 0 Å². The van der Waals surface area contributed by atoms with Crippen LogP contribution in [0.3, 0.4) is 0 Å². The van der Waals surface area contributed by atoms with Gasteiger partial charge in [0.2, 0.25) is 0 Å². The average molecular weight is 459 g/mol. The fourth-order valence-electron chi connectivity index (χ4n) is 10.4. The second kappa shape index (κ2) is 10.9. The topological polar surface area (TPSA) is 0 Å². The molecule has 3 aliphatic carbocycles. The van der Waals surface area contributed by atoms with Crippen LogP contribution in [0, 0.1) is 57.7 Å². The van der Waals surface area contributed by atoms with E-state index in [1.807, 2.05) is 0 Å². The Bertz CT molecular complexity index is 595. The summed E-state index contributed by atoms with van der Waals surface area (Å²) < 4.78 is 0. The lowest BCUT2D eigenvalue weighted by Gasteiger charge is -2.58. The first-order valence-electron chi connectivity index (χ1n) is 15.6. The van der Waals surface area contributed by atoms with Gasteiger partial charge in [-0.1, -0.05) is 101 Å². The van der Waals surface area contributed by atoms with Crippen LogP contribution in [-0.2, 0) is 0 Å². The first-order chi connectivity index (χ1) is 15.6. The second-order valence-electron chi connectivity index (χ2n) is 14.5. The van der Waals surface area contributed by atoms with E-state index in [2.05, 4.69) is 62.3 Å². The number of hydrogen-bond donors (Lipinski definition) is 0. The molecule has 0 heterocycles. The molecule has 33 heavy (non-hydrogen) atoms. The van der Waals surface area contributed by atoms with Gasteiger partial charge in [-0.25, -0.2) is 0 Å². The summed E-state index contributed by atoms with van der Waals surface area (Å²) in [6, 6.07) is 0. The molecule has 3 saturated carbocycles. The Labute approximate surface area is 209 Å². The molecule has 0 aromatic carbocycles. The normalized spacial score (nSPS) is 42.0. The minimum Gasteiger partial charge on any atom is -0.0651 e. The fraction of sp³-hybridized carbons (Fsp3) is 1.00. The molecule has 0 nitrogen and oxygen atoms in total. The van der Waals surface area contributed by atoms with Gasteiger partial charge in [-0.15, -0.1) is 0 Å². The van der Waals surface area contributed by atoms with Crippen molar-refractivity contribution in [2.75, 3.05) is 0 Å². The molecular formula is C33H62. The lowest BCUT2D eigenvalue weighted by molar-refractivity contribution is -0.0894. The number of fused-ring (bicyclic) bond motifs is 2. The smallest absolute Gasteiger partial charge is 0.0220 e. The molecule has 0 radical (unpaired) electrons. The zero-order valence-corrected chi connectivity index (χ0v) is 24.4. The Morgan fingerprint density at radius 1 is 0.788 bits per heavy atom. The van der Waals surface area contributed by atoms with Crippen molar-refractivity contribution in [3.63, 3.8) is 0 Å². The minimum absolute atomic E-state index is 0.454. The highest BCUT2D eigenvalue weighted by molar-refractivity contribution is 5.05. The predicted molar refractivity (Wildman–Crippen MR) is 147 cm³/mol. The van der Waals surface area contributed by atoms with Crippen LogP contribution < -0.4 is 0 Å². The largest absolute Gasteiger partial charge is 0.0651 e. The van der Waals surface area contributed by atoms with Crippen LogP contribution in [0.1, 0.15) is 152 Å². The third-order valence-corrected chi connectivity index (χ3v) is 12.8. The van der Waals surface area contributed by atoms with Crippen molar-refractivity contribution < 1.29 is 0 Å². The standard InChI is InChI=1S/C33H62/c1-10-27-22-31(8,9)33(11-2,12-3)30-18-17-25(6)15-13-14-16-26(7)32(24(4)5)20-19-28(27)21-29(30)23-32/h24-30H,10-23H2,1-9H3. The Morgan fingerprint density at radius 3 is 2.06 bits per heavy atom. The maximum absolute atomic E-state index is 2.71. The molecule has 7 unspecified atom stereocenters. The Balaban J connectivity index is 2.18. The predicted octanol–water partition coefficient (Wildman–Crippen LogP) is 10.9. The van der Waals surface area contributed by atoms with Gasteiger partial charge in [0.05, 0.1) is 0 Å². The van der Waals surface area contributed by atoms with Crippen molar-refractivity contribution in [3.05, 3.63) is 0 Å². The van der Waals surface area contributed by atoms with Crippen molar-refractivity contribution in [3.8, 4) is 0 Å². The molecule has 0 spiro atoms. The van der Waals surface area contributed by atoms with Gasteiger partial charge in [0.15, 0.2) is 0 Å². The number of hydrogen-bond acceptors (Lipinski definition) is 0. The molecule has 3 rings (SSSR count). The molecule has 194 valence electrons. The summed E-state index contributed by atoms with van der Waals surface area (Å²) in [4.78, 5) is 0. The molecule has 7 atom stereocenters. The van der Waals surface area contributed by atoms with Crippen LogP contribution in [-0.4, -0.2) is 0 Å². The molecular weight excluding hydrogens is 396 g/mol. The van der Waals surface area contributed by atoms with Crippen LogP contribution in [0.5, 0.6) is 0 Å². The van der Waals surface area contributed by atoms with E-state index in [1.165, 1.54) is 83.5 Å². The van der Waals surface area contributed by atoms with Crippen LogP contribution in [0.2, 0.25) is 0 Å². The zero-order valence-electron chi connectivity index (χ0n) is 24.4. The van der Waals surface area contributed by atoms with Gasteiger partial charge in [-0.2, -0.15) is 0 Å². The molecule has 0 aromatic heterocycles. The van der Waals surface area contributed by atoms with Gasteiger partial charge in [-0.3, -0.25) is 0 Å². The van der Waals surface area contributed by atoms with Crippen LogP contribution >= 0.6 is 0 Å². The molecule has 0 N–H and O–H groups in total. The molecule has 0 aliphatic heterocycles. The highest BCUT2D eigenvalue weighted by Crippen LogP contribution is 2.64. The van der Waals surface area contributed by atoms with Crippen molar-refractivity contribution in [2.45, 2.75) is 152 Å². The van der Waals surface area contributed by atoms with E-state index in [0.717, 1.165) is 41.4 Å². The third kappa shape index (κ3) is 5.12. The van der Waals surface area contributed by atoms with Gasteiger partial charge >= 0.3 is 0 Å². The maximum Gasteiger partial charge on any atom is -0.0220 e. The summed E-state index contributed by atoms with van der Waals surface area (Å²) in [5, 5.41) is 0. The third-order valence-electron chi connectivity index (χ3n) is 12.8. The van der Waals surface area contributed by atoms with E-state index in [4.69, 9.17) is 0 Å². The molecule has 0 saturated heterocycles. The summed E-state index contributed by atoms with van der Waals surface area (Å²) >= 11 is 0. The van der Waals surface area contributed by atoms with Gasteiger partial charge in [0.1, 0.15) is 0 Å². The van der Waals surface area contributed by atoms with Gasteiger partial charge in [-0.05, 0) is 109 Å². The summed E-state index contributed by atoms with van der Waals surface area (Å²) in [6.45, 7) is 23.5. The van der Waals surface area contributed by atoms with E-state index in [-0.39, 0.29) is 0 Å². The van der Waals surface area contributed by atoms with E-state index in [0.29, 0.717) is 16.2 Å². The van der Waals surface area contributed by atoms with E-state index in [1.54, 1.807) is 6.42 Å². The molecule has 0 heteroatoms. The Morgan fingerprint density at radius 2 is 1.45 bits per heavy atom. The van der Waals surface area contributed by atoms with Crippen LogP contribution in [0.4, 0.5) is 0 Å². The zero-order chi connectivity index (χ0) is 24.4. The highest BCUT2D eigenvalue weighted by atomic mass is 14.6. The van der Waals surface area contributed by atoms with E-state index >= 15 is 0 Å². The summed E-state index contributed by atoms with van der Waals surface area (Å²) in [6.07, 6.45) is 20.6. The first-order valence-corrected chi connectivity index (χ1v) is 15.6. The second-order valence-corrected chi connectivity index (χ2v) is 14.5. The lowest BCUT2D eigenvalue weighted by Crippen LogP contribution is -2.50. The molecule has 3 bridgehead atoms. The Hall–Kier alpha value is 0. The Kier molecular flexibility index (Phi) is 9.15. The van der Waals surface area contributed by atoms with Gasteiger partial charge in [0, 0.05) is 0 Å². The van der Waals surface area contributed by atoms with Crippen molar-refractivity contribution in [2.24, 2.45) is 57.7 Å².